The quantitative estimate of drug-likeness (QED) is 0.840. The molecule has 152 valence electrons. The highest BCUT2D eigenvalue weighted by atomic mass is 16.3. The SMILES string of the molecule is O=C(NC1CCN(C(=O)C2CC(=O)N(Cc3ccccc3)C2)CC1)c1ccco1. The fourth-order valence-corrected chi connectivity index (χ4v) is 4.06. The standard InChI is InChI=1S/C22H25N3O4/c26-20-13-17(15-25(20)14-16-5-2-1-3-6-16)22(28)24-10-8-18(9-11-24)23-21(27)19-7-4-12-29-19/h1-7,12,17-18H,8-11,13-15H2,(H,23,27). The van der Waals surface area contributed by atoms with Crippen molar-refractivity contribution >= 4 is 17.7 Å². The number of nitrogens with zero attached hydrogens (tertiary/aromatic N) is 2. The molecule has 2 aliphatic rings. The van der Waals surface area contributed by atoms with Gasteiger partial charge < -0.3 is 19.5 Å². The summed E-state index contributed by atoms with van der Waals surface area (Å²) in [7, 11) is 0. The number of rotatable bonds is 5. The van der Waals surface area contributed by atoms with Crippen LogP contribution in [0.2, 0.25) is 0 Å². The lowest BCUT2D eigenvalue weighted by Crippen LogP contribution is -2.48. The number of carbonyl (C=O) groups excluding carboxylic acids is 3. The summed E-state index contributed by atoms with van der Waals surface area (Å²) in [6.07, 6.45) is 3.15. The third-order valence-corrected chi connectivity index (χ3v) is 5.67. The van der Waals surface area contributed by atoms with Crippen molar-refractivity contribution in [3.05, 3.63) is 60.1 Å². The van der Waals surface area contributed by atoms with Crippen molar-refractivity contribution in [2.45, 2.75) is 31.8 Å². The minimum atomic E-state index is -0.277. The summed E-state index contributed by atoms with van der Waals surface area (Å²) in [6, 6.07) is 13.2. The van der Waals surface area contributed by atoms with Crippen molar-refractivity contribution < 1.29 is 18.8 Å². The van der Waals surface area contributed by atoms with Gasteiger partial charge in [-0.25, -0.2) is 0 Å². The van der Waals surface area contributed by atoms with Gasteiger partial charge in [-0.2, -0.15) is 0 Å². The van der Waals surface area contributed by atoms with E-state index < -0.39 is 0 Å². The second-order valence-electron chi connectivity index (χ2n) is 7.71. The van der Waals surface area contributed by atoms with Crippen LogP contribution in [0.5, 0.6) is 0 Å². The first-order chi connectivity index (χ1) is 14.1. The van der Waals surface area contributed by atoms with E-state index in [9.17, 15) is 14.4 Å². The van der Waals surface area contributed by atoms with E-state index in [4.69, 9.17) is 4.42 Å². The topological polar surface area (TPSA) is 82.9 Å². The van der Waals surface area contributed by atoms with Gasteiger partial charge in [0.1, 0.15) is 0 Å². The summed E-state index contributed by atoms with van der Waals surface area (Å²) >= 11 is 0. The first-order valence-corrected chi connectivity index (χ1v) is 10.0. The van der Waals surface area contributed by atoms with Crippen LogP contribution in [0, 0.1) is 5.92 Å². The maximum Gasteiger partial charge on any atom is 0.287 e. The van der Waals surface area contributed by atoms with Crippen molar-refractivity contribution in [3.63, 3.8) is 0 Å². The van der Waals surface area contributed by atoms with E-state index in [0.717, 1.165) is 5.56 Å². The molecule has 1 N–H and O–H groups in total. The van der Waals surface area contributed by atoms with Crippen LogP contribution >= 0.6 is 0 Å². The molecule has 0 radical (unpaired) electrons. The van der Waals surface area contributed by atoms with E-state index in [1.54, 1.807) is 17.0 Å². The van der Waals surface area contributed by atoms with E-state index in [1.807, 2.05) is 35.2 Å². The Morgan fingerprint density at radius 2 is 1.83 bits per heavy atom. The van der Waals surface area contributed by atoms with Gasteiger partial charge in [-0.3, -0.25) is 14.4 Å². The number of benzene rings is 1. The Bertz CT molecular complexity index is 857. The molecule has 3 amide bonds. The smallest absolute Gasteiger partial charge is 0.287 e. The highest BCUT2D eigenvalue weighted by molar-refractivity contribution is 5.91. The van der Waals surface area contributed by atoms with Crippen LogP contribution in [0.3, 0.4) is 0 Å². The summed E-state index contributed by atoms with van der Waals surface area (Å²) in [6.45, 7) is 2.20. The number of likely N-dealkylation sites (tertiary alicyclic amines) is 2. The van der Waals surface area contributed by atoms with Gasteiger partial charge in [0.15, 0.2) is 5.76 Å². The summed E-state index contributed by atoms with van der Waals surface area (Å²) in [5, 5.41) is 2.96. The zero-order valence-corrected chi connectivity index (χ0v) is 16.3. The van der Waals surface area contributed by atoms with Gasteiger partial charge in [0.2, 0.25) is 11.8 Å². The Labute approximate surface area is 169 Å². The lowest BCUT2D eigenvalue weighted by Gasteiger charge is -2.33. The van der Waals surface area contributed by atoms with Gasteiger partial charge in [0, 0.05) is 38.6 Å². The summed E-state index contributed by atoms with van der Waals surface area (Å²) < 4.78 is 5.11. The third kappa shape index (κ3) is 4.50. The zero-order valence-electron chi connectivity index (χ0n) is 16.3. The predicted octanol–water partition coefficient (Wildman–Crippen LogP) is 2.05. The van der Waals surface area contributed by atoms with Gasteiger partial charge in [0.05, 0.1) is 12.2 Å². The molecule has 2 fully saturated rings. The average Bonchev–Trinajstić information content (AvgIpc) is 3.40. The highest BCUT2D eigenvalue weighted by Crippen LogP contribution is 2.24. The molecule has 2 saturated heterocycles. The Morgan fingerprint density at radius 1 is 1.07 bits per heavy atom. The van der Waals surface area contributed by atoms with Crippen molar-refractivity contribution in [1.29, 1.82) is 0 Å². The van der Waals surface area contributed by atoms with E-state index in [2.05, 4.69) is 5.32 Å². The lowest BCUT2D eigenvalue weighted by molar-refractivity contribution is -0.136. The molecule has 1 atom stereocenters. The Morgan fingerprint density at radius 3 is 2.52 bits per heavy atom. The van der Waals surface area contributed by atoms with Crippen LogP contribution in [-0.4, -0.2) is 53.2 Å². The molecule has 1 aromatic carbocycles. The van der Waals surface area contributed by atoms with Gasteiger partial charge in [0.25, 0.3) is 5.91 Å². The van der Waals surface area contributed by atoms with E-state index in [-0.39, 0.29) is 36.1 Å². The number of carbonyl (C=O) groups is 3. The summed E-state index contributed by atoms with van der Waals surface area (Å²) in [5.41, 5.74) is 1.07. The molecule has 7 nitrogen and oxygen atoms in total. The monoisotopic (exact) mass is 395 g/mol. The van der Waals surface area contributed by atoms with E-state index >= 15 is 0 Å². The molecule has 0 aliphatic carbocycles. The largest absolute Gasteiger partial charge is 0.459 e. The number of nitrogens with one attached hydrogen (secondary N) is 1. The molecule has 0 saturated carbocycles. The van der Waals surface area contributed by atoms with Crippen LogP contribution in [-0.2, 0) is 16.1 Å². The van der Waals surface area contributed by atoms with Crippen LogP contribution in [0.25, 0.3) is 0 Å². The molecule has 3 heterocycles. The van der Waals surface area contributed by atoms with E-state index in [0.29, 0.717) is 44.8 Å². The molecular formula is C22H25N3O4. The molecule has 0 bridgehead atoms. The Hall–Kier alpha value is -3.09. The van der Waals surface area contributed by atoms with Crippen molar-refractivity contribution in [2.24, 2.45) is 5.92 Å². The molecule has 29 heavy (non-hydrogen) atoms. The van der Waals surface area contributed by atoms with Gasteiger partial charge in [-0.1, -0.05) is 30.3 Å². The van der Waals surface area contributed by atoms with Gasteiger partial charge in [-0.15, -0.1) is 0 Å². The maximum absolute atomic E-state index is 12.9. The summed E-state index contributed by atoms with van der Waals surface area (Å²) in [5.74, 6) is -0.123. The molecular weight excluding hydrogens is 370 g/mol. The van der Waals surface area contributed by atoms with Crippen molar-refractivity contribution in [1.82, 2.24) is 15.1 Å². The van der Waals surface area contributed by atoms with Crippen LogP contribution in [0.15, 0.2) is 53.1 Å². The van der Waals surface area contributed by atoms with Crippen LogP contribution in [0.1, 0.15) is 35.4 Å². The Balaban J connectivity index is 1.26. The van der Waals surface area contributed by atoms with Crippen molar-refractivity contribution in [3.8, 4) is 0 Å². The normalized spacial score (nSPS) is 20.1. The fourth-order valence-electron chi connectivity index (χ4n) is 4.06. The fraction of sp³-hybridized carbons (Fsp3) is 0.409. The second-order valence-corrected chi connectivity index (χ2v) is 7.71. The Kier molecular flexibility index (Phi) is 5.64. The minimum Gasteiger partial charge on any atom is -0.459 e. The van der Waals surface area contributed by atoms with Crippen LogP contribution < -0.4 is 5.32 Å². The molecule has 0 spiro atoms. The first-order valence-electron chi connectivity index (χ1n) is 10.0. The molecule has 1 unspecified atom stereocenters. The molecule has 1 aromatic heterocycles. The lowest BCUT2D eigenvalue weighted by atomic mass is 10.0. The van der Waals surface area contributed by atoms with Gasteiger partial charge in [-0.05, 0) is 30.5 Å². The summed E-state index contributed by atoms with van der Waals surface area (Å²) in [4.78, 5) is 41.0. The average molecular weight is 395 g/mol. The minimum absolute atomic E-state index is 0.0245. The number of furan rings is 1. The molecule has 2 aromatic rings. The zero-order chi connectivity index (χ0) is 20.2. The number of amides is 3. The molecule has 7 heteroatoms. The maximum atomic E-state index is 12.9. The number of piperidine rings is 1. The number of hydrogen-bond donors (Lipinski definition) is 1. The molecule has 2 aliphatic heterocycles. The van der Waals surface area contributed by atoms with Crippen LogP contribution in [0.4, 0.5) is 0 Å². The number of hydrogen-bond acceptors (Lipinski definition) is 4. The van der Waals surface area contributed by atoms with Crippen molar-refractivity contribution in [2.75, 3.05) is 19.6 Å². The van der Waals surface area contributed by atoms with Gasteiger partial charge >= 0.3 is 0 Å². The second kappa shape index (κ2) is 8.51. The van der Waals surface area contributed by atoms with E-state index in [1.165, 1.54) is 6.26 Å². The third-order valence-electron chi connectivity index (χ3n) is 5.67. The predicted molar refractivity (Wildman–Crippen MR) is 106 cm³/mol. The molecule has 4 rings (SSSR count). The first kappa shape index (κ1) is 19.2. The highest BCUT2D eigenvalue weighted by Gasteiger charge is 2.37.